The average Bonchev–Trinajstić information content (AvgIpc) is 3.22. The van der Waals surface area contributed by atoms with Crippen LogP contribution in [0.5, 0.6) is 0 Å². The maximum Gasteiger partial charge on any atom is 0.271 e. The first-order valence-corrected chi connectivity index (χ1v) is 9.91. The van der Waals surface area contributed by atoms with E-state index in [2.05, 4.69) is 21.0 Å². The minimum Gasteiger partial charge on any atom is -0.399 e. The first-order valence-electron chi connectivity index (χ1n) is 9.03. The quantitative estimate of drug-likeness (QED) is 0.392. The molecule has 27 heavy (non-hydrogen) atoms. The van der Waals surface area contributed by atoms with Crippen molar-refractivity contribution in [3.8, 4) is 0 Å². The Morgan fingerprint density at radius 2 is 2.07 bits per heavy atom. The van der Waals surface area contributed by atoms with Gasteiger partial charge in [-0.05, 0) is 36.9 Å². The normalized spacial score (nSPS) is 15.7. The van der Waals surface area contributed by atoms with Crippen LogP contribution in [-0.4, -0.2) is 55.4 Å². The molecule has 0 amide bonds. The number of piperazine rings is 1. The number of benzene rings is 1. The second kappa shape index (κ2) is 9.48. The number of hydrogen-bond acceptors (Lipinski definition) is 7. The van der Waals surface area contributed by atoms with Gasteiger partial charge >= 0.3 is 0 Å². The van der Waals surface area contributed by atoms with Gasteiger partial charge in [-0.15, -0.1) is 11.3 Å². The molecule has 0 unspecified atom stereocenters. The fourth-order valence-corrected chi connectivity index (χ4v) is 4.01. The summed E-state index contributed by atoms with van der Waals surface area (Å²) in [4.78, 5) is 21.4. The summed E-state index contributed by atoms with van der Waals surface area (Å²) in [7, 11) is 1.58. The first kappa shape index (κ1) is 19.3. The van der Waals surface area contributed by atoms with Crippen LogP contribution in [0.3, 0.4) is 0 Å². The van der Waals surface area contributed by atoms with Gasteiger partial charge in [0, 0.05) is 44.0 Å². The number of hydrogen-bond donors (Lipinski definition) is 0. The number of nitro benzene ring substituents is 1. The van der Waals surface area contributed by atoms with E-state index in [0.29, 0.717) is 0 Å². The highest BCUT2D eigenvalue weighted by Crippen LogP contribution is 2.22. The number of anilines is 1. The van der Waals surface area contributed by atoms with E-state index in [1.165, 1.54) is 6.07 Å². The Morgan fingerprint density at radius 3 is 2.74 bits per heavy atom. The lowest BCUT2D eigenvalue weighted by atomic mass is 10.1. The van der Waals surface area contributed by atoms with Crippen molar-refractivity contribution in [3.63, 3.8) is 0 Å². The van der Waals surface area contributed by atoms with Gasteiger partial charge < -0.3 is 9.74 Å². The Morgan fingerprint density at radius 1 is 1.26 bits per heavy atom. The van der Waals surface area contributed by atoms with Crippen molar-refractivity contribution in [1.29, 1.82) is 0 Å². The number of rotatable bonds is 8. The van der Waals surface area contributed by atoms with Crippen LogP contribution in [0.15, 0.2) is 46.9 Å². The van der Waals surface area contributed by atoms with E-state index in [0.717, 1.165) is 61.8 Å². The van der Waals surface area contributed by atoms with E-state index in [4.69, 9.17) is 4.84 Å². The molecule has 0 N–H and O–H groups in total. The van der Waals surface area contributed by atoms with Crippen LogP contribution >= 0.6 is 11.3 Å². The van der Waals surface area contributed by atoms with Gasteiger partial charge in [0.15, 0.2) is 0 Å². The lowest BCUT2D eigenvalue weighted by molar-refractivity contribution is -0.384. The fraction of sp³-hybridized carbons (Fsp3) is 0.421. The van der Waals surface area contributed by atoms with Gasteiger partial charge in [-0.3, -0.25) is 15.0 Å². The lowest BCUT2D eigenvalue weighted by Crippen LogP contribution is -2.46. The number of non-ortho nitro benzene ring substituents is 1. The van der Waals surface area contributed by atoms with E-state index in [-0.39, 0.29) is 10.6 Å². The summed E-state index contributed by atoms with van der Waals surface area (Å²) >= 11 is 1.68. The minimum atomic E-state index is -0.341. The predicted molar refractivity (Wildman–Crippen MR) is 109 cm³/mol. The summed E-state index contributed by atoms with van der Waals surface area (Å²) in [5, 5.41) is 17.2. The van der Waals surface area contributed by atoms with Gasteiger partial charge in [-0.25, -0.2) is 0 Å². The molecule has 1 aliphatic rings. The van der Waals surface area contributed by atoms with Crippen LogP contribution in [0, 0.1) is 10.1 Å². The average molecular weight is 388 g/mol. The zero-order valence-corrected chi connectivity index (χ0v) is 16.2. The predicted octanol–water partition coefficient (Wildman–Crippen LogP) is 3.61. The molecule has 0 spiro atoms. The largest absolute Gasteiger partial charge is 0.399 e. The number of thiophene rings is 1. The van der Waals surface area contributed by atoms with Gasteiger partial charge in [0.05, 0.1) is 15.5 Å². The maximum absolute atomic E-state index is 11.0. The van der Waals surface area contributed by atoms with Crippen LogP contribution in [0.1, 0.15) is 17.7 Å². The summed E-state index contributed by atoms with van der Waals surface area (Å²) in [6.07, 6.45) is 1.91. The van der Waals surface area contributed by atoms with Crippen LogP contribution in [0.4, 0.5) is 11.4 Å². The Hall–Kier alpha value is -2.45. The van der Waals surface area contributed by atoms with Gasteiger partial charge in [0.2, 0.25) is 0 Å². The molecule has 2 aromatic rings. The molecule has 1 fully saturated rings. The standard InChI is InChI=1S/C19H24N4O3S/c1-26-20-18(19-8-4-14-27-19)7-3-9-21-10-12-22(13-11-21)16-5-2-6-17(15-16)23(24)25/h2,4-6,8,14-15H,3,7,9-13H2,1H3. The lowest BCUT2D eigenvalue weighted by Gasteiger charge is -2.36. The monoisotopic (exact) mass is 388 g/mol. The van der Waals surface area contributed by atoms with E-state index in [1.54, 1.807) is 30.6 Å². The molecule has 1 saturated heterocycles. The van der Waals surface area contributed by atoms with Crippen molar-refractivity contribution in [2.24, 2.45) is 5.16 Å². The van der Waals surface area contributed by atoms with Gasteiger partial charge in [-0.1, -0.05) is 17.3 Å². The van der Waals surface area contributed by atoms with Crippen molar-refractivity contribution >= 4 is 28.4 Å². The molecule has 0 aliphatic carbocycles. The third-order valence-electron chi connectivity index (χ3n) is 4.67. The Kier molecular flexibility index (Phi) is 6.78. The van der Waals surface area contributed by atoms with Crippen LogP contribution in [0.25, 0.3) is 0 Å². The molecular weight excluding hydrogens is 364 g/mol. The van der Waals surface area contributed by atoms with E-state index < -0.39 is 0 Å². The molecule has 0 saturated carbocycles. The van der Waals surface area contributed by atoms with E-state index in [1.807, 2.05) is 17.5 Å². The highest BCUT2D eigenvalue weighted by atomic mass is 32.1. The highest BCUT2D eigenvalue weighted by molar-refractivity contribution is 7.12. The number of nitrogens with zero attached hydrogens (tertiary/aromatic N) is 4. The van der Waals surface area contributed by atoms with Crippen molar-refractivity contribution in [3.05, 3.63) is 56.8 Å². The maximum atomic E-state index is 11.0. The Balaban J connectivity index is 1.46. The third kappa shape index (κ3) is 5.27. The Bertz CT molecular complexity index is 771. The topological polar surface area (TPSA) is 71.2 Å². The van der Waals surface area contributed by atoms with E-state index in [9.17, 15) is 10.1 Å². The zero-order chi connectivity index (χ0) is 19.1. The van der Waals surface area contributed by atoms with Crippen LogP contribution in [-0.2, 0) is 4.84 Å². The zero-order valence-electron chi connectivity index (χ0n) is 15.4. The summed E-state index contributed by atoms with van der Waals surface area (Å²) in [5.41, 5.74) is 2.08. The minimum absolute atomic E-state index is 0.147. The van der Waals surface area contributed by atoms with Crippen molar-refractivity contribution < 1.29 is 9.76 Å². The molecule has 2 heterocycles. The molecule has 0 radical (unpaired) electrons. The molecule has 3 rings (SSSR count). The number of oxime groups is 1. The Labute approximate surface area is 163 Å². The SMILES string of the molecule is CON=C(CCCN1CCN(c2cccc([N+](=O)[O-])c2)CC1)c1cccs1. The summed E-state index contributed by atoms with van der Waals surface area (Å²) in [6.45, 7) is 4.68. The van der Waals surface area contributed by atoms with E-state index >= 15 is 0 Å². The number of nitro groups is 1. The summed E-state index contributed by atoms with van der Waals surface area (Å²) in [6, 6.07) is 11.0. The van der Waals surface area contributed by atoms with Crippen molar-refractivity contribution in [1.82, 2.24) is 4.90 Å². The molecule has 1 aromatic carbocycles. The summed E-state index contributed by atoms with van der Waals surface area (Å²) < 4.78 is 0. The second-order valence-electron chi connectivity index (χ2n) is 6.41. The molecule has 7 nitrogen and oxygen atoms in total. The van der Waals surface area contributed by atoms with Crippen molar-refractivity contribution in [2.75, 3.05) is 44.7 Å². The second-order valence-corrected chi connectivity index (χ2v) is 7.35. The highest BCUT2D eigenvalue weighted by Gasteiger charge is 2.19. The van der Waals surface area contributed by atoms with Gasteiger partial charge in [-0.2, -0.15) is 0 Å². The molecule has 1 aromatic heterocycles. The first-order chi connectivity index (χ1) is 13.2. The van der Waals surface area contributed by atoms with Crippen LogP contribution in [0.2, 0.25) is 0 Å². The molecular formula is C19H24N4O3S. The van der Waals surface area contributed by atoms with Crippen molar-refractivity contribution in [2.45, 2.75) is 12.8 Å². The van der Waals surface area contributed by atoms with Gasteiger partial charge in [0.25, 0.3) is 5.69 Å². The summed E-state index contributed by atoms with van der Waals surface area (Å²) in [5.74, 6) is 0. The fourth-order valence-electron chi connectivity index (χ4n) is 3.27. The third-order valence-corrected chi connectivity index (χ3v) is 5.59. The molecule has 144 valence electrons. The molecule has 0 bridgehead atoms. The smallest absolute Gasteiger partial charge is 0.271 e. The van der Waals surface area contributed by atoms with Crippen LogP contribution < -0.4 is 4.90 Å². The van der Waals surface area contributed by atoms with Gasteiger partial charge in [0.1, 0.15) is 7.11 Å². The molecule has 8 heteroatoms. The molecule has 1 aliphatic heterocycles. The molecule has 0 atom stereocenters.